The van der Waals surface area contributed by atoms with Crippen LogP contribution < -0.4 is 15.8 Å². The molecule has 0 saturated carbocycles. The molecular formula is C15H24N4O3S2. The first-order valence-electron chi connectivity index (χ1n) is 8.01. The van der Waals surface area contributed by atoms with E-state index in [0.29, 0.717) is 30.6 Å². The van der Waals surface area contributed by atoms with Crippen LogP contribution in [0.4, 0.5) is 5.13 Å². The topological polar surface area (TPSA) is 83.6 Å². The van der Waals surface area contributed by atoms with E-state index in [-0.39, 0.29) is 5.91 Å². The minimum atomic E-state index is -0.397. The maximum absolute atomic E-state index is 12.0. The van der Waals surface area contributed by atoms with Gasteiger partial charge in [-0.3, -0.25) is 20.4 Å². The van der Waals surface area contributed by atoms with Crippen molar-refractivity contribution < 1.29 is 14.3 Å². The van der Waals surface area contributed by atoms with E-state index in [1.54, 1.807) is 17.1 Å². The van der Waals surface area contributed by atoms with Crippen LogP contribution in [-0.2, 0) is 9.53 Å². The van der Waals surface area contributed by atoms with Gasteiger partial charge in [-0.15, -0.1) is 11.3 Å². The largest absolute Gasteiger partial charge is 0.378 e. The fourth-order valence-corrected chi connectivity index (χ4v) is 3.88. The van der Waals surface area contributed by atoms with E-state index in [0.717, 1.165) is 30.4 Å². The van der Waals surface area contributed by atoms with Crippen LogP contribution in [0.25, 0.3) is 0 Å². The van der Waals surface area contributed by atoms with Gasteiger partial charge >= 0.3 is 0 Å². The molecule has 1 saturated heterocycles. The predicted octanol–water partition coefficient (Wildman–Crippen LogP) is 1.52. The molecule has 134 valence electrons. The van der Waals surface area contributed by atoms with Gasteiger partial charge < -0.3 is 9.64 Å². The number of rotatable bonds is 7. The number of thioether (sulfide) groups is 1. The van der Waals surface area contributed by atoms with Crippen molar-refractivity contribution in [3.63, 3.8) is 0 Å². The van der Waals surface area contributed by atoms with Gasteiger partial charge in [-0.25, -0.2) is 4.98 Å². The number of amides is 2. The summed E-state index contributed by atoms with van der Waals surface area (Å²) in [5, 5.41) is 2.50. The lowest BCUT2D eigenvalue weighted by atomic mass is 10.2. The van der Waals surface area contributed by atoms with Crippen LogP contribution in [0.5, 0.6) is 0 Å². The number of hydrogen-bond acceptors (Lipinski definition) is 7. The minimum absolute atomic E-state index is 0.208. The van der Waals surface area contributed by atoms with E-state index in [1.165, 1.54) is 11.3 Å². The Balaban J connectivity index is 1.70. The van der Waals surface area contributed by atoms with Crippen LogP contribution in [0.15, 0.2) is 5.38 Å². The van der Waals surface area contributed by atoms with Crippen molar-refractivity contribution in [3.05, 3.63) is 11.1 Å². The van der Waals surface area contributed by atoms with Gasteiger partial charge in [0.2, 0.25) is 5.91 Å². The van der Waals surface area contributed by atoms with Crippen LogP contribution in [-0.4, -0.2) is 54.6 Å². The number of morpholine rings is 1. The van der Waals surface area contributed by atoms with Gasteiger partial charge in [0.05, 0.1) is 19.0 Å². The molecule has 1 aliphatic heterocycles. The minimum Gasteiger partial charge on any atom is -0.378 e. The molecule has 2 heterocycles. The lowest BCUT2D eigenvalue weighted by Gasteiger charge is -2.25. The molecule has 7 nitrogen and oxygen atoms in total. The van der Waals surface area contributed by atoms with Crippen molar-refractivity contribution >= 4 is 40.0 Å². The summed E-state index contributed by atoms with van der Waals surface area (Å²) in [5.74, 6) is 1.30. The number of aromatic nitrogens is 1. The number of ether oxygens (including phenoxy) is 1. The highest BCUT2D eigenvalue weighted by Crippen LogP contribution is 2.21. The molecule has 1 aromatic rings. The third-order valence-electron chi connectivity index (χ3n) is 3.39. The number of nitrogens with zero attached hydrogens (tertiary/aromatic N) is 2. The number of hydrazine groups is 1. The summed E-state index contributed by atoms with van der Waals surface area (Å²) in [5.41, 5.74) is 5.16. The summed E-state index contributed by atoms with van der Waals surface area (Å²) in [6.45, 7) is 7.20. The standard InChI is InChI=1S/C15H24N4O3S2/c1-11(2)3-8-23-10-13(20)17-18-14(21)12-9-24-15(16-12)19-4-6-22-7-5-19/h9,11H,3-8,10H2,1-2H3,(H,17,20)(H,18,21). The fourth-order valence-electron chi connectivity index (χ4n) is 1.98. The van der Waals surface area contributed by atoms with Crippen LogP contribution in [0.3, 0.4) is 0 Å². The monoisotopic (exact) mass is 372 g/mol. The fraction of sp³-hybridized carbons (Fsp3) is 0.667. The van der Waals surface area contributed by atoms with Crippen LogP contribution >= 0.6 is 23.1 Å². The molecule has 2 N–H and O–H groups in total. The normalized spacial score (nSPS) is 14.7. The Hall–Kier alpha value is -1.32. The van der Waals surface area contributed by atoms with E-state index in [2.05, 4.69) is 34.6 Å². The zero-order valence-electron chi connectivity index (χ0n) is 14.0. The Morgan fingerprint density at radius 2 is 2.12 bits per heavy atom. The molecule has 1 fully saturated rings. The second kappa shape index (κ2) is 9.85. The van der Waals surface area contributed by atoms with Gasteiger partial charge in [0.25, 0.3) is 5.91 Å². The summed E-state index contributed by atoms with van der Waals surface area (Å²) in [7, 11) is 0. The number of carbonyl (C=O) groups excluding carboxylic acids is 2. The molecule has 0 atom stereocenters. The first kappa shape index (κ1) is 19.0. The molecule has 0 aromatic carbocycles. The second-order valence-corrected chi connectivity index (χ2v) is 7.79. The molecule has 24 heavy (non-hydrogen) atoms. The highest BCUT2D eigenvalue weighted by Gasteiger charge is 2.17. The van der Waals surface area contributed by atoms with E-state index in [1.807, 2.05) is 0 Å². The Labute approximate surface area is 150 Å². The van der Waals surface area contributed by atoms with Crippen molar-refractivity contribution in [1.29, 1.82) is 0 Å². The zero-order chi connectivity index (χ0) is 17.4. The first-order chi connectivity index (χ1) is 11.6. The molecule has 2 rings (SSSR count). The third-order valence-corrected chi connectivity index (χ3v) is 5.29. The molecule has 0 radical (unpaired) electrons. The predicted molar refractivity (Wildman–Crippen MR) is 97.5 cm³/mol. The van der Waals surface area contributed by atoms with Crippen LogP contribution in [0.2, 0.25) is 0 Å². The average Bonchev–Trinajstić information content (AvgIpc) is 3.07. The Morgan fingerprint density at radius 1 is 1.38 bits per heavy atom. The van der Waals surface area contributed by atoms with Gasteiger partial charge in [0.1, 0.15) is 5.69 Å². The lowest BCUT2D eigenvalue weighted by Crippen LogP contribution is -2.42. The molecular weight excluding hydrogens is 348 g/mol. The van der Waals surface area contributed by atoms with Crippen molar-refractivity contribution in [2.24, 2.45) is 5.92 Å². The van der Waals surface area contributed by atoms with Crippen LogP contribution in [0.1, 0.15) is 30.8 Å². The number of carbonyl (C=O) groups is 2. The smallest absolute Gasteiger partial charge is 0.289 e. The molecule has 0 spiro atoms. The van der Waals surface area contributed by atoms with Gasteiger partial charge in [0.15, 0.2) is 5.13 Å². The van der Waals surface area contributed by atoms with Gasteiger partial charge in [-0.2, -0.15) is 11.8 Å². The average molecular weight is 373 g/mol. The van der Waals surface area contributed by atoms with Crippen molar-refractivity contribution in [1.82, 2.24) is 15.8 Å². The Kier molecular flexibility index (Phi) is 7.80. The van der Waals surface area contributed by atoms with Crippen molar-refractivity contribution in [2.75, 3.05) is 42.7 Å². The van der Waals surface area contributed by atoms with Gasteiger partial charge in [-0.05, 0) is 18.1 Å². The van der Waals surface area contributed by atoms with Gasteiger partial charge in [0, 0.05) is 18.5 Å². The molecule has 0 unspecified atom stereocenters. The van der Waals surface area contributed by atoms with E-state index >= 15 is 0 Å². The molecule has 0 bridgehead atoms. The highest BCUT2D eigenvalue weighted by molar-refractivity contribution is 7.99. The van der Waals surface area contributed by atoms with Crippen molar-refractivity contribution in [3.8, 4) is 0 Å². The third kappa shape index (κ3) is 6.29. The Bertz CT molecular complexity index is 545. The van der Waals surface area contributed by atoms with Crippen LogP contribution in [0, 0.1) is 5.92 Å². The summed E-state index contributed by atoms with van der Waals surface area (Å²) in [6, 6.07) is 0. The molecule has 1 aromatic heterocycles. The number of anilines is 1. The Morgan fingerprint density at radius 3 is 2.83 bits per heavy atom. The summed E-state index contributed by atoms with van der Waals surface area (Å²) >= 11 is 2.98. The maximum Gasteiger partial charge on any atom is 0.289 e. The second-order valence-electron chi connectivity index (χ2n) is 5.85. The van der Waals surface area contributed by atoms with E-state index in [9.17, 15) is 9.59 Å². The van der Waals surface area contributed by atoms with Crippen molar-refractivity contribution in [2.45, 2.75) is 20.3 Å². The first-order valence-corrected chi connectivity index (χ1v) is 10.0. The van der Waals surface area contributed by atoms with E-state index in [4.69, 9.17) is 4.74 Å². The quantitative estimate of drug-likeness (QED) is 0.558. The summed E-state index contributed by atoms with van der Waals surface area (Å²) in [6.07, 6.45) is 1.08. The summed E-state index contributed by atoms with van der Waals surface area (Å²) < 4.78 is 5.30. The molecule has 2 amide bonds. The highest BCUT2D eigenvalue weighted by atomic mass is 32.2. The maximum atomic E-state index is 12.0. The lowest BCUT2D eigenvalue weighted by molar-refractivity contribution is -0.119. The molecule has 0 aliphatic carbocycles. The SMILES string of the molecule is CC(C)CCSCC(=O)NNC(=O)c1csc(N2CCOCC2)n1. The van der Waals surface area contributed by atoms with E-state index < -0.39 is 5.91 Å². The zero-order valence-corrected chi connectivity index (χ0v) is 15.7. The summed E-state index contributed by atoms with van der Waals surface area (Å²) in [4.78, 5) is 30.1. The molecule has 9 heteroatoms. The molecule has 1 aliphatic rings. The number of thiazole rings is 1. The van der Waals surface area contributed by atoms with Gasteiger partial charge in [-0.1, -0.05) is 13.8 Å². The number of hydrogen-bond donors (Lipinski definition) is 2. The number of nitrogens with one attached hydrogen (secondary N) is 2.